The summed E-state index contributed by atoms with van der Waals surface area (Å²) in [5.41, 5.74) is 9.79. The van der Waals surface area contributed by atoms with Gasteiger partial charge in [-0.2, -0.15) is 0 Å². The number of nitrogens with one attached hydrogen (secondary N) is 1. The molecule has 17 heavy (non-hydrogen) atoms. The van der Waals surface area contributed by atoms with Crippen LogP contribution in [0.15, 0.2) is 30.6 Å². The summed E-state index contributed by atoms with van der Waals surface area (Å²) in [5, 5.41) is 3.21. The van der Waals surface area contributed by atoms with E-state index >= 15 is 0 Å². The van der Waals surface area contributed by atoms with Crippen LogP contribution in [0.1, 0.15) is 16.8 Å². The maximum Gasteiger partial charge on any atom is 0.149 e. The number of aryl methyl sites for hydroxylation is 2. The lowest BCUT2D eigenvalue weighted by Gasteiger charge is -2.09. The number of anilines is 2. The van der Waals surface area contributed by atoms with Gasteiger partial charge in [-0.05, 0) is 37.1 Å². The number of rotatable bonds is 3. The summed E-state index contributed by atoms with van der Waals surface area (Å²) in [6.07, 6.45) is 3.61. The van der Waals surface area contributed by atoms with E-state index in [9.17, 15) is 0 Å². The molecule has 0 fully saturated rings. The molecule has 88 valence electrons. The van der Waals surface area contributed by atoms with Gasteiger partial charge >= 0.3 is 0 Å². The van der Waals surface area contributed by atoms with Gasteiger partial charge in [-0.3, -0.25) is 4.98 Å². The Kier molecular flexibility index (Phi) is 3.23. The van der Waals surface area contributed by atoms with E-state index in [1.807, 2.05) is 38.2 Å². The molecule has 0 saturated carbocycles. The Balaban J connectivity index is 2.07. The van der Waals surface area contributed by atoms with Gasteiger partial charge in [-0.1, -0.05) is 6.07 Å². The lowest BCUT2D eigenvalue weighted by molar-refractivity contribution is 1.07. The molecular formula is C13H16N4. The Hall–Kier alpha value is -2.10. The highest BCUT2D eigenvalue weighted by Gasteiger charge is 2.02. The van der Waals surface area contributed by atoms with Crippen LogP contribution < -0.4 is 11.1 Å². The third-order valence-electron chi connectivity index (χ3n) is 2.64. The second-order valence-electron chi connectivity index (χ2n) is 4.05. The van der Waals surface area contributed by atoms with Gasteiger partial charge in [0.05, 0.1) is 5.69 Å². The fourth-order valence-corrected chi connectivity index (χ4v) is 1.50. The molecule has 0 spiro atoms. The highest BCUT2D eigenvalue weighted by molar-refractivity contribution is 5.64. The average Bonchev–Trinajstić information content (AvgIpc) is 2.33. The lowest BCUT2D eigenvalue weighted by atomic mass is 10.2. The van der Waals surface area contributed by atoms with Gasteiger partial charge in [-0.15, -0.1) is 0 Å². The molecule has 3 N–H and O–H groups in total. The number of hydrogen-bond acceptors (Lipinski definition) is 4. The first-order valence-electron chi connectivity index (χ1n) is 5.53. The highest BCUT2D eigenvalue weighted by atomic mass is 15.0. The van der Waals surface area contributed by atoms with Crippen molar-refractivity contribution < 1.29 is 0 Å². The Morgan fingerprint density at radius 1 is 1.18 bits per heavy atom. The molecule has 4 heteroatoms. The molecule has 2 heterocycles. The van der Waals surface area contributed by atoms with Gasteiger partial charge in [0.2, 0.25) is 0 Å². The molecule has 0 aliphatic rings. The summed E-state index contributed by atoms with van der Waals surface area (Å²) < 4.78 is 0. The zero-order valence-electron chi connectivity index (χ0n) is 10.1. The summed E-state index contributed by atoms with van der Waals surface area (Å²) in [6.45, 7) is 4.61. The number of hydrogen-bond donors (Lipinski definition) is 2. The average molecular weight is 228 g/mol. The quantitative estimate of drug-likeness (QED) is 0.846. The number of nitrogens with zero attached hydrogens (tertiary/aromatic N) is 2. The van der Waals surface area contributed by atoms with E-state index in [1.54, 1.807) is 6.20 Å². The molecule has 0 saturated heterocycles. The highest BCUT2D eigenvalue weighted by Crippen LogP contribution is 2.19. The van der Waals surface area contributed by atoms with Gasteiger partial charge in [0.1, 0.15) is 5.82 Å². The van der Waals surface area contributed by atoms with Gasteiger partial charge < -0.3 is 11.1 Å². The molecule has 0 aromatic carbocycles. The molecule has 0 bridgehead atoms. The van der Waals surface area contributed by atoms with E-state index < -0.39 is 0 Å². The molecule has 0 aliphatic heterocycles. The van der Waals surface area contributed by atoms with Crippen LogP contribution in [0.25, 0.3) is 0 Å². The Bertz CT molecular complexity index is 505. The van der Waals surface area contributed by atoms with Crippen molar-refractivity contribution in [3.05, 3.63) is 47.4 Å². The topological polar surface area (TPSA) is 63.8 Å². The summed E-state index contributed by atoms with van der Waals surface area (Å²) in [5.74, 6) is 0.727. The first kappa shape index (κ1) is 11.4. The summed E-state index contributed by atoms with van der Waals surface area (Å²) in [7, 11) is 0. The van der Waals surface area contributed by atoms with Crippen LogP contribution in [0.2, 0.25) is 0 Å². The summed E-state index contributed by atoms with van der Waals surface area (Å²) >= 11 is 0. The maximum atomic E-state index is 5.93. The van der Waals surface area contributed by atoms with Crippen molar-refractivity contribution >= 4 is 11.5 Å². The van der Waals surface area contributed by atoms with E-state index in [0.717, 1.165) is 22.6 Å². The van der Waals surface area contributed by atoms with Crippen LogP contribution in [0.5, 0.6) is 0 Å². The Morgan fingerprint density at radius 3 is 2.71 bits per heavy atom. The fraction of sp³-hybridized carbons (Fsp3) is 0.231. The molecular weight excluding hydrogens is 212 g/mol. The number of pyridine rings is 2. The van der Waals surface area contributed by atoms with E-state index in [0.29, 0.717) is 12.2 Å². The van der Waals surface area contributed by atoms with E-state index in [1.165, 1.54) is 0 Å². The standard InChI is InChI=1S/C13H16N4/c1-9-5-6-15-13(12(9)14)17-8-11-4-3-10(2)16-7-11/h3-7H,8,14H2,1-2H3,(H,15,17). The van der Waals surface area contributed by atoms with Gasteiger partial charge in [0, 0.05) is 24.6 Å². The minimum atomic E-state index is 0.675. The Labute approximate surface area is 101 Å². The minimum Gasteiger partial charge on any atom is -0.396 e. The molecule has 2 rings (SSSR count). The van der Waals surface area contributed by atoms with E-state index in [2.05, 4.69) is 15.3 Å². The van der Waals surface area contributed by atoms with Gasteiger partial charge in [-0.25, -0.2) is 4.98 Å². The van der Waals surface area contributed by atoms with Crippen LogP contribution in [-0.2, 0) is 6.54 Å². The molecule has 0 amide bonds. The summed E-state index contributed by atoms with van der Waals surface area (Å²) in [4.78, 5) is 8.45. The number of nitrogen functional groups attached to an aromatic ring is 1. The molecule has 0 atom stereocenters. The number of aromatic nitrogens is 2. The van der Waals surface area contributed by atoms with Crippen LogP contribution in [0, 0.1) is 13.8 Å². The van der Waals surface area contributed by atoms with Crippen molar-refractivity contribution in [2.45, 2.75) is 20.4 Å². The van der Waals surface area contributed by atoms with Crippen molar-refractivity contribution in [2.24, 2.45) is 0 Å². The maximum absolute atomic E-state index is 5.93. The molecule has 0 aliphatic carbocycles. The van der Waals surface area contributed by atoms with Crippen LogP contribution in [-0.4, -0.2) is 9.97 Å². The van der Waals surface area contributed by atoms with Crippen LogP contribution >= 0.6 is 0 Å². The van der Waals surface area contributed by atoms with Crippen LogP contribution in [0.4, 0.5) is 11.5 Å². The van der Waals surface area contributed by atoms with Crippen molar-refractivity contribution in [2.75, 3.05) is 11.1 Å². The summed E-state index contributed by atoms with van der Waals surface area (Å²) in [6, 6.07) is 5.93. The second-order valence-corrected chi connectivity index (χ2v) is 4.05. The molecule has 0 unspecified atom stereocenters. The second kappa shape index (κ2) is 4.82. The lowest BCUT2D eigenvalue weighted by Crippen LogP contribution is -2.05. The number of nitrogens with two attached hydrogens (primary N) is 1. The van der Waals surface area contributed by atoms with Gasteiger partial charge in [0.15, 0.2) is 0 Å². The smallest absolute Gasteiger partial charge is 0.149 e. The molecule has 0 radical (unpaired) electrons. The first-order valence-corrected chi connectivity index (χ1v) is 5.53. The third-order valence-corrected chi connectivity index (χ3v) is 2.64. The zero-order chi connectivity index (χ0) is 12.3. The van der Waals surface area contributed by atoms with E-state index in [-0.39, 0.29) is 0 Å². The van der Waals surface area contributed by atoms with E-state index in [4.69, 9.17) is 5.73 Å². The molecule has 2 aromatic rings. The molecule has 2 aromatic heterocycles. The Morgan fingerprint density at radius 2 is 2.00 bits per heavy atom. The van der Waals surface area contributed by atoms with Gasteiger partial charge in [0.25, 0.3) is 0 Å². The van der Waals surface area contributed by atoms with Crippen LogP contribution in [0.3, 0.4) is 0 Å². The normalized spacial score (nSPS) is 10.2. The van der Waals surface area contributed by atoms with Crippen molar-refractivity contribution in [3.63, 3.8) is 0 Å². The minimum absolute atomic E-state index is 0.675. The zero-order valence-corrected chi connectivity index (χ0v) is 10.1. The largest absolute Gasteiger partial charge is 0.396 e. The SMILES string of the molecule is Cc1ccc(CNc2nccc(C)c2N)cn1. The third kappa shape index (κ3) is 2.72. The fourth-order valence-electron chi connectivity index (χ4n) is 1.50. The van der Waals surface area contributed by atoms with Crippen molar-refractivity contribution in [1.82, 2.24) is 9.97 Å². The first-order chi connectivity index (χ1) is 8.16. The predicted molar refractivity (Wildman–Crippen MR) is 69.7 cm³/mol. The van der Waals surface area contributed by atoms with Crippen molar-refractivity contribution in [3.8, 4) is 0 Å². The van der Waals surface area contributed by atoms with Crippen molar-refractivity contribution in [1.29, 1.82) is 0 Å². The monoisotopic (exact) mass is 228 g/mol. The molecule has 4 nitrogen and oxygen atoms in total. The predicted octanol–water partition coefficient (Wildman–Crippen LogP) is 2.29.